The Morgan fingerprint density at radius 2 is 1.74 bits per heavy atom. The van der Waals surface area contributed by atoms with Crippen LogP contribution >= 0.6 is 0 Å². The zero-order valence-corrected chi connectivity index (χ0v) is 12.3. The Hall–Kier alpha value is -1.01. The number of benzene rings is 1. The fourth-order valence-electron chi connectivity index (χ4n) is 1.56. The van der Waals surface area contributed by atoms with Crippen molar-refractivity contribution >= 4 is 9.84 Å². The van der Waals surface area contributed by atoms with Crippen LogP contribution in [0.4, 0.5) is 8.78 Å². The molecule has 0 bridgehead atoms. The normalized spacial score (nSPS) is 14.4. The molecule has 1 aromatic carbocycles. The lowest BCUT2D eigenvalue weighted by molar-refractivity contribution is 0.457. The van der Waals surface area contributed by atoms with Crippen molar-refractivity contribution in [3.8, 4) is 0 Å². The summed E-state index contributed by atoms with van der Waals surface area (Å²) in [5.74, 6) is -1.28. The average molecular weight is 291 g/mol. The second-order valence-corrected chi connectivity index (χ2v) is 7.92. The zero-order chi connectivity index (χ0) is 14.8. The molecule has 108 valence electrons. The van der Waals surface area contributed by atoms with Crippen LogP contribution in [0.15, 0.2) is 18.2 Å². The number of hydrogen-bond acceptors (Lipinski definition) is 3. The van der Waals surface area contributed by atoms with Crippen molar-refractivity contribution in [1.82, 2.24) is 5.32 Å². The molecule has 0 aliphatic heterocycles. The van der Waals surface area contributed by atoms with Gasteiger partial charge in [0.25, 0.3) is 0 Å². The van der Waals surface area contributed by atoms with E-state index in [0.29, 0.717) is 0 Å². The van der Waals surface area contributed by atoms with Crippen LogP contribution in [0.1, 0.15) is 32.4 Å². The van der Waals surface area contributed by atoms with E-state index in [-0.39, 0.29) is 12.1 Å². The molecule has 1 atom stereocenters. The summed E-state index contributed by atoms with van der Waals surface area (Å²) in [6.07, 6.45) is 1.14. The van der Waals surface area contributed by atoms with Crippen molar-refractivity contribution in [3.05, 3.63) is 35.4 Å². The van der Waals surface area contributed by atoms with Crippen LogP contribution in [0.25, 0.3) is 0 Å². The highest BCUT2D eigenvalue weighted by atomic mass is 32.2. The Bertz CT molecular complexity index is 536. The van der Waals surface area contributed by atoms with Crippen molar-refractivity contribution in [3.63, 3.8) is 0 Å². The molecule has 0 amide bonds. The minimum absolute atomic E-state index is 0.0770. The molecule has 3 nitrogen and oxygen atoms in total. The predicted molar refractivity (Wildman–Crippen MR) is 71.7 cm³/mol. The van der Waals surface area contributed by atoms with Crippen molar-refractivity contribution < 1.29 is 17.2 Å². The lowest BCUT2D eigenvalue weighted by Crippen LogP contribution is -2.42. The first-order valence-corrected chi connectivity index (χ1v) is 7.82. The maximum absolute atomic E-state index is 13.6. The molecule has 19 heavy (non-hydrogen) atoms. The smallest absolute Gasteiger partial charge is 0.153 e. The molecule has 6 heteroatoms. The highest BCUT2D eigenvalue weighted by molar-refractivity contribution is 7.92. The van der Waals surface area contributed by atoms with E-state index in [9.17, 15) is 17.2 Å². The Kier molecular flexibility index (Phi) is 4.68. The van der Waals surface area contributed by atoms with Crippen LogP contribution in [-0.4, -0.2) is 26.0 Å². The quantitative estimate of drug-likeness (QED) is 0.906. The molecule has 0 saturated heterocycles. The molecule has 0 aromatic heterocycles. The first-order valence-electron chi connectivity index (χ1n) is 5.93. The summed E-state index contributed by atoms with van der Waals surface area (Å²) in [6, 6.07) is 3.04. The standard InChI is InChI=1S/C13H19F2NO2S/c1-9(12-10(14)6-5-7-11(12)15)16-8-13(2,3)19(4,17)18/h5-7,9,16H,8H2,1-4H3. The molecule has 1 unspecified atom stereocenters. The first kappa shape index (κ1) is 16.0. The molecule has 0 heterocycles. The molecule has 1 aromatic rings. The van der Waals surface area contributed by atoms with Crippen molar-refractivity contribution in [1.29, 1.82) is 0 Å². The summed E-state index contributed by atoms with van der Waals surface area (Å²) in [7, 11) is -3.25. The monoisotopic (exact) mass is 291 g/mol. The minimum Gasteiger partial charge on any atom is -0.308 e. The third kappa shape index (κ3) is 3.73. The molecular weight excluding hydrogens is 272 g/mol. The summed E-state index contributed by atoms with van der Waals surface area (Å²) < 4.78 is 49.2. The van der Waals surface area contributed by atoms with Crippen molar-refractivity contribution in [2.24, 2.45) is 0 Å². The van der Waals surface area contributed by atoms with E-state index in [4.69, 9.17) is 0 Å². The van der Waals surface area contributed by atoms with Crippen LogP contribution in [0.5, 0.6) is 0 Å². The van der Waals surface area contributed by atoms with Gasteiger partial charge in [-0.05, 0) is 32.9 Å². The van der Waals surface area contributed by atoms with E-state index in [1.54, 1.807) is 20.8 Å². The molecule has 1 rings (SSSR count). The van der Waals surface area contributed by atoms with E-state index in [2.05, 4.69) is 5.32 Å². The lowest BCUT2D eigenvalue weighted by Gasteiger charge is -2.25. The van der Waals surface area contributed by atoms with E-state index in [1.807, 2.05) is 0 Å². The van der Waals surface area contributed by atoms with E-state index in [1.165, 1.54) is 18.2 Å². The molecule has 0 aliphatic carbocycles. The Morgan fingerprint density at radius 3 is 2.16 bits per heavy atom. The summed E-state index contributed by atoms with van der Waals surface area (Å²) in [5, 5.41) is 2.87. The molecule has 0 saturated carbocycles. The zero-order valence-electron chi connectivity index (χ0n) is 11.5. The first-order chi connectivity index (χ1) is 8.56. The lowest BCUT2D eigenvalue weighted by atomic mass is 10.1. The van der Waals surface area contributed by atoms with Gasteiger partial charge in [0, 0.05) is 24.4 Å². The van der Waals surface area contributed by atoms with Gasteiger partial charge in [-0.25, -0.2) is 17.2 Å². The minimum atomic E-state index is -3.25. The maximum atomic E-state index is 13.6. The van der Waals surface area contributed by atoms with Gasteiger partial charge >= 0.3 is 0 Å². The van der Waals surface area contributed by atoms with Gasteiger partial charge in [0.1, 0.15) is 11.6 Å². The number of sulfone groups is 1. The fraction of sp³-hybridized carbons (Fsp3) is 0.538. The van der Waals surface area contributed by atoms with Crippen LogP contribution in [0.2, 0.25) is 0 Å². The number of rotatable bonds is 5. The van der Waals surface area contributed by atoms with Crippen LogP contribution in [0, 0.1) is 11.6 Å². The van der Waals surface area contributed by atoms with E-state index >= 15 is 0 Å². The van der Waals surface area contributed by atoms with Gasteiger partial charge in [-0.15, -0.1) is 0 Å². The molecular formula is C13H19F2NO2S. The molecule has 0 fully saturated rings. The molecule has 1 N–H and O–H groups in total. The highest BCUT2D eigenvalue weighted by Gasteiger charge is 2.30. The van der Waals surface area contributed by atoms with E-state index in [0.717, 1.165) is 6.26 Å². The van der Waals surface area contributed by atoms with Gasteiger partial charge < -0.3 is 5.32 Å². The Morgan fingerprint density at radius 1 is 1.26 bits per heavy atom. The average Bonchev–Trinajstić information content (AvgIpc) is 2.24. The Labute approximate surface area is 112 Å². The van der Waals surface area contributed by atoms with Gasteiger partial charge in [0.2, 0.25) is 0 Å². The van der Waals surface area contributed by atoms with Crippen LogP contribution in [-0.2, 0) is 9.84 Å². The third-order valence-electron chi connectivity index (χ3n) is 3.27. The predicted octanol–water partition coefficient (Wildman–Crippen LogP) is 2.44. The second-order valence-electron chi connectivity index (χ2n) is 5.27. The summed E-state index contributed by atoms with van der Waals surface area (Å²) in [5.41, 5.74) is -0.0770. The topological polar surface area (TPSA) is 46.2 Å². The molecule has 0 radical (unpaired) electrons. The SMILES string of the molecule is CC(NCC(C)(C)S(C)(=O)=O)c1c(F)cccc1F. The number of hydrogen-bond donors (Lipinski definition) is 1. The Balaban J connectivity index is 2.85. The maximum Gasteiger partial charge on any atom is 0.153 e. The largest absolute Gasteiger partial charge is 0.308 e. The summed E-state index contributed by atoms with van der Waals surface area (Å²) in [6.45, 7) is 4.85. The summed E-state index contributed by atoms with van der Waals surface area (Å²) in [4.78, 5) is 0. The second kappa shape index (κ2) is 5.54. The molecule has 0 aliphatic rings. The van der Waals surface area contributed by atoms with Gasteiger partial charge in [0.05, 0.1) is 4.75 Å². The van der Waals surface area contributed by atoms with Gasteiger partial charge in [-0.3, -0.25) is 0 Å². The van der Waals surface area contributed by atoms with Crippen molar-refractivity contribution in [2.45, 2.75) is 31.6 Å². The summed E-state index contributed by atoms with van der Waals surface area (Å²) >= 11 is 0. The third-order valence-corrected chi connectivity index (χ3v) is 5.42. The van der Waals surface area contributed by atoms with Crippen LogP contribution < -0.4 is 5.32 Å². The van der Waals surface area contributed by atoms with Gasteiger partial charge in [-0.1, -0.05) is 6.07 Å². The van der Waals surface area contributed by atoms with Crippen molar-refractivity contribution in [2.75, 3.05) is 12.8 Å². The number of nitrogens with one attached hydrogen (secondary N) is 1. The van der Waals surface area contributed by atoms with Crippen LogP contribution in [0.3, 0.4) is 0 Å². The fourth-order valence-corrected chi connectivity index (χ4v) is 1.90. The van der Waals surface area contributed by atoms with Gasteiger partial charge in [0.15, 0.2) is 9.84 Å². The highest BCUT2D eigenvalue weighted by Crippen LogP contribution is 2.22. The van der Waals surface area contributed by atoms with E-state index < -0.39 is 32.3 Å². The molecule has 0 spiro atoms. The van der Waals surface area contributed by atoms with Gasteiger partial charge in [-0.2, -0.15) is 0 Å². The number of halogens is 2.